The first kappa shape index (κ1) is 21.7. The predicted octanol–water partition coefficient (Wildman–Crippen LogP) is 5.20. The summed E-state index contributed by atoms with van der Waals surface area (Å²) in [6.45, 7) is 0. The second kappa shape index (κ2) is 10.2. The van der Waals surface area contributed by atoms with E-state index in [9.17, 15) is 9.59 Å². The molecule has 1 amide bonds. The number of carbonyl (C=O) groups excluding carboxylic acids is 2. The maximum absolute atomic E-state index is 12.3. The molecule has 0 saturated carbocycles. The number of nitrogens with one attached hydrogen (secondary N) is 1. The molecule has 1 N–H and O–H groups in total. The minimum Gasteiger partial charge on any atom is -0.493 e. The van der Waals surface area contributed by atoms with Gasteiger partial charge in [0.25, 0.3) is 5.91 Å². The van der Waals surface area contributed by atoms with Gasteiger partial charge in [0, 0.05) is 14.5 Å². The van der Waals surface area contributed by atoms with Gasteiger partial charge in [-0.2, -0.15) is 5.10 Å². The first-order valence-corrected chi connectivity index (χ1v) is 10.3. The van der Waals surface area contributed by atoms with Crippen LogP contribution in [0.1, 0.15) is 26.3 Å². The lowest BCUT2D eigenvalue weighted by molar-refractivity contribution is 0.0729. The Bertz CT molecular complexity index is 1100. The van der Waals surface area contributed by atoms with E-state index in [-0.39, 0.29) is 11.7 Å². The summed E-state index contributed by atoms with van der Waals surface area (Å²) in [6, 6.07) is 18.8. The lowest BCUT2D eigenvalue weighted by Gasteiger charge is -2.10. The molecule has 3 rings (SSSR count). The summed E-state index contributed by atoms with van der Waals surface area (Å²) in [5, 5.41) is 3.96. The highest BCUT2D eigenvalue weighted by atomic mass is 79.9. The molecular weight excluding hydrogens is 516 g/mol. The zero-order valence-electron chi connectivity index (χ0n) is 15.8. The number of hydrogen-bond donors (Lipinski definition) is 1. The van der Waals surface area contributed by atoms with Crippen molar-refractivity contribution < 1.29 is 19.1 Å². The minimum absolute atomic E-state index is 0.276. The van der Waals surface area contributed by atoms with E-state index in [4.69, 9.17) is 9.47 Å². The van der Waals surface area contributed by atoms with Crippen LogP contribution in [-0.4, -0.2) is 25.2 Å². The van der Waals surface area contributed by atoms with Gasteiger partial charge in [0.05, 0.1) is 18.9 Å². The number of benzene rings is 3. The summed E-state index contributed by atoms with van der Waals surface area (Å²) in [4.78, 5) is 24.4. The van der Waals surface area contributed by atoms with Gasteiger partial charge in [-0.05, 0) is 66.2 Å². The van der Waals surface area contributed by atoms with Crippen LogP contribution in [0.2, 0.25) is 0 Å². The van der Waals surface area contributed by atoms with E-state index in [2.05, 4.69) is 42.4 Å². The lowest BCUT2D eigenvalue weighted by atomic mass is 10.2. The fourth-order valence-electron chi connectivity index (χ4n) is 2.45. The standard InChI is InChI=1S/C22H16Br2N2O4/c1-29-20-11-14(13-25-26-21(27)15-6-8-17(23)9-7-15)5-10-19(20)30-22(28)16-3-2-4-18(24)12-16/h2-13H,1H3,(H,26,27)/b25-13+. The molecule has 0 heterocycles. The number of hydrazone groups is 1. The molecule has 0 aliphatic rings. The smallest absolute Gasteiger partial charge is 0.343 e. The molecule has 0 atom stereocenters. The maximum atomic E-state index is 12.3. The van der Waals surface area contributed by atoms with E-state index in [1.54, 1.807) is 60.7 Å². The molecule has 152 valence electrons. The van der Waals surface area contributed by atoms with Crippen molar-refractivity contribution in [3.05, 3.63) is 92.4 Å². The zero-order valence-corrected chi connectivity index (χ0v) is 18.9. The summed E-state index contributed by atoms with van der Waals surface area (Å²) in [5.41, 5.74) is 4.02. The Morgan fingerprint density at radius 2 is 1.67 bits per heavy atom. The van der Waals surface area contributed by atoms with Crippen molar-refractivity contribution >= 4 is 50.0 Å². The molecule has 0 aromatic heterocycles. The number of rotatable bonds is 6. The van der Waals surface area contributed by atoms with Crippen LogP contribution < -0.4 is 14.9 Å². The van der Waals surface area contributed by atoms with Crippen molar-refractivity contribution in [3.8, 4) is 11.5 Å². The van der Waals surface area contributed by atoms with Crippen molar-refractivity contribution in [2.24, 2.45) is 5.10 Å². The highest BCUT2D eigenvalue weighted by molar-refractivity contribution is 9.10. The number of halogens is 2. The second-order valence-corrected chi connectivity index (χ2v) is 7.85. The van der Waals surface area contributed by atoms with E-state index in [0.717, 1.165) is 8.95 Å². The normalized spacial score (nSPS) is 10.6. The molecule has 0 radical (unpaired) electrons. The second-order valence-electron chi connectivity index (χ2n) is 6.02. The lowest BCUT2D eigenvalue weighted by Crippen LogP contribution is -2.17. The van der Waals surface area contributed by atoms with Crippen LogP contribution in [0.5, 0.6) is 11.5 Å². The quantitative estimate of drug-likeness (QED) is 0.205. The van der Waals surface area contributed by atoms with Gasteiger partial charge in [-0.25, -0.2) is 10.2 Å². The third-order valence-corrected chi connectivity index (χ3v) is 4.96. The maximum Gasteiger partial charge on any atom is 0.343 e. The molecule has 0 spiro atoms. The average Bonchev–Trinajstić information content (AvgIpc) is 2.75. The molecule has 3 aromatic carbocycles. The molecule has 30 heavy (non-hydrogen) atoms. The van der Waals surface area contributed by atoms with Gasteiger partial charge in [-0.1, -0.05) is 37.9 Å². The van der Waals surface area contributed by atoms with E-state index in [1.807, 2.05) is 6.07 Å². The number of amides is 1. The molecule has 0 unspecified atom stereocenters. The van der Waals surface area contributed by atoms with Crippen molar-refractivity contribution in [2.45, 2.75) is 0 Å². The van der Waals surface area contributed by atoms with Crippen LogP contribution in [0.25, 0.3) is 0 Å². The van der Waals surface area contributed by atoms with Gasteiger partial charge < -0.3 is 9.47 Å². The molecule has 0 saturated heterocycles. The Balaban J connectivity index is 1.67. The van der Waals surface area contributed by atoms with Crippen molar-refractivity contribution in [1.29, 1.82) is 0 Å². The predicted molar refractivity (Wildman–Crippen MR) is 121 cm³/mol. The topological polar surface area (TPSA) is 77.0 Å². The Kier molecular flexibility index (Phi) is 7.37. The molecule has 0 bridgehead atoms. The number of methoxy groups -OCH3 is 1. The van der Waals surface area contributed by atoms with Crippen LogP contribution >= 0.6 is 31.9 Å². The van der Waals surface area contributed by atoms with Gasteiger partial charge in [0.1, 0.15) is 0 Å². The van der Waals surface area contributed by atoms with Crippen molar-refractivity contribution in [3.63, 3.8) is 0 Å². The number of ether oxygens (including phenoxy) is 2. The molecule has 8 heteroatoms. The van der Waals surface area contributed by atoms with Gasteiger partial charge >= 0.3 is 5.97 Å². The third-order valence-electron chi connectivity index (χ3n) is 3.94. The van der Waals surface area contributed by atoms with Crippen LogP contribution in [0.3, 0.4) is 0 Å². The third kappa shape index (κ3) is 5.77. The molecular formula is C22H16Br2N2O4. The van der Waals surface area contributed by atoms with Crippen LogP contribution in [0.4, 0.5) is 0 Å². The highest BCUT2D eigenvalue weighted by Gasteiger charge is 2.13. The molecule has 0 aliphatic heterocycles. The summed E-state index contributed by atoms with van der Waals surface area (Å²) < 4.78 is 12.4. The Morgan fingerprint density at radius 3 is 2.37 bits per heavy atom. The van der Waals surface area contributed by atoms with Crippen LogP contribution in [-0.2, 0) is 0 Å². The molecule has 3 aromatic rings. The molecule has 0 fully saturated rings. The van der Waals surface area contributed by atoms with Gasteiger partial charge in [0.2, 0.25) is 0 Å². The summed E-state index contributed by atoms with van der Waals surface area (Å²) >= 11 is 6.65. The van der Waals surface area contributed by atoms with E-state index < -0.39 is 5.97 Å². The fraction of sp³-hybridized carbons (Fsp3) is 0.0455. The average molecular weight is 532 g/mol. The van der Waals surface area contributed by atoms with E-state index in [0.29, 0.717) is 22.4 Å². The summed E-state index contributed by atoms with van der Waals surface area (Å²) in [6.07, 6.45) is 1.47. The van der Waals surface area contributed by atoms with Crippen molar-refractivity contribution in [2.75, 3.05) is 7.11 Å². The highest BCUT2D eigenvalue weighted by Crippen LogP contribution is 2.28. The fourth-order valence-corrected chi connectivity index (χ4v) is 3.12. The minimum atomic E-state index is -0.502. The van der Waals surface area contributed by atoms with Crippen molar-refractivity contribution in [1.82, 2.24) is 5.43 Å². The van der Waals surface area contributed by atoms with Gasteiger partial charge in [0.15, 0.2) is 11.5 Å². The van der Waals surface area contributed by atoms with Gasteiger partial charge in [-0.15, -0.1) is 0 Å². The Morgan fingerprint density at radius 1 is 0.900 bits per heavy atom. The number of hydrogen-bond acceptors (Lipinski definition) is 5. The van der Waals surface area contributed by atoms with Gasteiger partial charge in [-0.3, -0.25) is 4.79 Å². The molecule has 6 nitrogen and oxygen atoms in total. The Hall–Kier alpha value is -2.97. The molecule has 0 aliphatic carbocycles. The Labute approximate surface area is 190 Å². The first-order valence-electron chi connectivity index (χ1n) is 8.71. The summed E-state index contributed by atoms with van der Waals surface area (Å²) in [7, 11) is 1.47. The van der Waals surface area contributed by atoms with Crippen LogP contribution in [0.15, 0.2) is 80.8 Å². The monoisotopic (exact) mass is 530 g/mol. The van der Waals surface area contributed by atoms with E-state index in [1.165, 1.54) is 13.3 Å². The number of carbonyl (C=O) groups is 2. The van der Waals surface area contributed by atoms with Crippen LogP contribution in [0, 0.1) is 0 Å². The summed E-state index contributed by atoms with van der Waals surface area (Å²) in [5.74, 6) is -0.192. The van der Waals surface area contributed by atoms with E-state index >= 15 is 0 Å². The SMILES string of the molecule is COc1cc(/C=N/NC(=O)c2ccc(Br)cc2)ccc1OC(=O)c1cccc(Br)c1. The first-order chi connectivity index (χ1) is 14.5. The number of nitrogens with zero attached hydrogens (tertiary/aromatic N) is 1. The number of esters is 1. The largest absolute Gasteiger partial charge is 0.493 e. The zero-order chi connectivity index (χ0) is 21.5.